The summed E-state index contributed by atoms with van der Waals surface area (Å²) in [6.45, 7) is 0. The number of rotatable bonds is 8. The number of allylic oxidation sites excluding steroid dienone is 5. The van der Waals surface area contributed by atoms with Crippen LogP contribution in [-0.2, 0) is 0 Å². The van der Waals surface area contributed by atoms with Crippen molar-refractivity contribution < 1.29 is 0 Å². The smallest absolute Gasteiger partial charge is 0.0710 e. The lowest BCUT2D eigenvalue weighted by atomic mass is 9.87. The van der Waals surface area contributed by atoms with Crippen molar-refractivity contribution in [3.05, 3.63) is 217 Å². The molecular formula is C51H38N4. The Morgan fingerprint density at radius 3 is 1.89 bits per heavy atom. The molecule has 4 nitrogen and oxygen atoms in total. The van der Waals surface area contributed by atoms with E-state index in [4.69, 9.17) is 5.41 Å². The van der Waals surface area contributed by atoms with Gasteiger partial charge in [-0.25, -0.2) is 0 Å². The molecule has 0 bridgehead atoms. The van der Waals surface area contributed by atoms with Crippen molar-refractivity contribution in [1.29, 1.82) is 5.41 Å². The van der Waals surface area contributed by atoms with E-state index in [1.807, 2.05) is 12.3 Å². The van der Waals surface area contributed by atoms with Crippen LogP contribution in [0.15, 0.2) is 200 Å². The first-order chi connectivity index (χ1) is 27.2. The third kappa shape index (κ3) is 5.85. The van der Waals surface area contributed by atoms with E-state index < -0.39 is 0 Å². The summed E-state index contributed by atoms with van der Waals surface area (Å²) in [5.74, 6) is 0.320. The van der Waals surface area contributed by atoms with Crippen LogP contribution in [0.1, 0.15) is 29.0 Å². The van der Waals surface area contributed by atoms with Crippen molar-refractivity contribution >= 4 is 54.9 Å². The van der Waals surface area contributed by atoms with Gasteiger partial charge in [-0.05, 0) is 94.4 Å². The highest BCUT2D eigenvalue weighted by molar-refractivity contribution is 6.12. The summed E-state index contributed by atoms with van der Waals surface area (Å²) in [5.41, 5.74) is 16.7. The van der Waals surface area contributed by atoms with Crippen LogP contribution in [0.5, 0.6) is 0 Å². The number of aromatic nitrogens is 2. The Morgan fingerprint density at radius 1 is 0.564 bits per heavy atom. The minimum absolute atomic E-state index is 0.320. The number of para-hydroxylation sites is 3. The number of hydrogen-bond acceptors (Lipinski definition) is 2. The molecule has 55 heavy (non-hydrogen) atoms. The monoisotopic (exact) mass is 706 g/mol. The van der Waals surface area contributed by atoms with Gasteiger partial charge in [-0.1, -0.05) is 140 Å². The van der Waals surface area contributed by atoms with Gasteiger partial charge in [-0.3, -0.25) is 4.68 Å². The lowest BCUT2D eigenvalue weighted by Gasteiger charge is -2.18. The Bertz CT molecular complexity index is 2980. The molecule has 1 aliphatic carbocycles. The molecule has 0 aliphatic heterocycles. The molecule has 9 aromatic rings. The standard InChI is InChI=1S/C51H38N4/c52-47(37-24-22-36(23-25-37)39-15-11-14-38(32-39)35-12-3-1-4-13-35)30-31-53-55-50-21-10-8-19-44(50)46-34-41(27-29-51(46)55)40-26-28-49-45(33-40)43-18-7-9-20-48(43)54(49)42-16-5-2-6-17-42/h1-14,16-34,39,52-53H,15H2/b31-30-,52-47?. The summed E-state index contributed by atoms with van der Waals surface area (Å²) in [7, 11) is 0. The van der Waals surface area contributed by atoms with Gasteiger partial charge in [0.25, 0.3) is 0 Å². The van der Waals surface area contributed by atoms with Crippen LogP contribution >= 0.6 is 0 Å². The van der Waals surface area contributed by atoms with Gasteiger partial charge in [0.15, 0.2) is 0 Å². The number of fused-ring (bicyclic) bond motifs is 6. The lowest BCUT2D eigenvalue weighted by molar-refractivity contribution is 0.857. The molecule has 0 spiro atoms. The van der Waals surface area contributed by atoms with Crippen LogP contribution in [0.2, 0.25) is 0 Å². The van der Waals surface area contributed by atoms with Gasteiger partial charge in [-0.15, -0.1) is 0 Å². The zero-order chi connectivity index (χ0) is 36.7. The topological polar surface area (TPSA) is 45.7 Å². The van der Waals surface area contributed by atoms with Gasteiger partial charge in [0.05, 0.1) is 27.8 Å². The van der Waals surface area contributed by atoms with Gasteiger partial charge in [-0.2, -0.15) is 0 Å². The van der Waals surface area contributed by atoms with E-state index in [1.54, 1.807) is 0 Å². The van der Waals surface area contributed by atoms with Crippen LogP contribution in [-0.4, -0.2) is 15.0 Å². The van der Waals surface area contributed by atoms with Crippen molar-refractivity contribution in [1.82, 2.24) is 9.24 Å². The molecule has 0 fully saturated rings. The van der Waals surface area contributed by atoms with E-state index in [9.17, 15) is 0 Å². The summed E-state index contributed by atoms with van der Waals surface area (Å²) in [6.07, 6.45) is 11.5. The second-order valence-electron chi connectivity index (χ2n) is 14.2. The van der Waals surface area contributed by atoms with Crippen molar-refractivity contribution in [2.24, 2.45) is 0 Å². The molecule has 4 heteroatoms. The van der Waals surface area contributed by atoms with E-state index in [0.29, 0.717) is 11.6 Å². The van der Waals surface area contributed by atoms with E-state index in [2.05, 4.69) is 203 Å². The maximum Gasteiger partial charge on any atom is 0.0710 e. The maximum absolute atomic E-state index is 8.86. The van der Waals surface area contributed by atoms with Gasteiger partial charge >= 0.3 is 0 Å². The largest absolute Gasteiger partial charge is 0.309 e. The Morgan fingerprint density at radius 2 is 1.15 bits per heavy atom. The molecule has 0 saturated carbocycles. The molecule has 0 saturated heterocycles. The number of nitrogens with one attached hydrogen (secondary N) is 2. The summed E-state index contributed by atoms with van der Waals surface area (Å²) < 4.78 is 4.47. The van der Waals surface area contributed by atoms with Crippen LogP contribution in [0.3, 0.4) is 0 Å². The fourth-order valence-corrected chi connectivity index (χ4v) is 8.24. The van der Waals surface area contributed by atoms with Crippen LogP contribution < -0.4 is 5.43 Å². The Hall–Kier alpha value is -7.17. The predicted molar refractivity (Wildman–Crippen MR) is 232 cm³/mol. The number of benzene rings is 7. The highest BCUT2D eigenvalue weighted by Crippen LogP contribution is 2.37. The van der Waals surface area contributed by atoms with Crippen molar-refractivity contribution in [3.8, 4) is 16.8 Å². The molecule has 0 amide bonds. The maximum atomic E-state index is 8.86. The van der Waals surface area contributed by atoms with Gasteiger partial charge in [0.2, 0.25) is 0 Å². The first kappa shape index (κ1) is 32.5. The third-order valence-corrected chi connectivity index (χ3v) is 11.0. The number of hydrogen-bond donors (Lipinski definition) is 2. The molecule has 7 aromatic carbocycles. The molecule has 262 valence electrons. The van der Waals surface area contributed by atoms with Gasteiger partial charge < -0.3 is 15.4 Å². The molecule has 2 aromatic heterocycles. The molecular weight excluding hydrogens is 669 g/mol. The average molecular weight is 707 g/mol. The molecule has 10 rings (SSSR count). The third-order valence-electron chi connectivity index (χ3n) is 11.0. The summed E-state index contributed by atoms with van der Waals surface area (Å²) in [6, 6.07) is 60.3. The van der Waals surface area contributed by atoms with Crippen molar-refractivity contribution in [2.45, 2.75) is 12.3 Å². The highest BCUT2D eigenvalue weighted by Gasteiger charge is 2.16. The SMILES string of the molecule is N=C(/C=C\Nn1c2ccccc2c2cc(-c3ccc4c(c3)c3ccccc3n4-c3ccccc3)ccc21)c1ccc(C2C=C(c3ccccc3)C=CC2)cc1. The minimum atomic E-state index is 0.320. The minimum Gasteiger partial charge on any atom is -0.309 e. The van der Waals surface area contributed by atoms with Crippen LogP contribution in [0, 0.1) is 5.41 Å². The van der Waals surface area contributed by atoms with E-state index in [1.165, 1.54) is 60.4 Å². The van der Waals surface area contributed by atoms with Crippen LogP contribution in [0.25, 0.3) is 66.0 Å². The fraction of sp³-hybridized carbons (Fsp3) is 0.0392. The van der Waals surface area contributed by atoms with Crippen LogP contribution in [0.4, 0.5) is 0 Å². The molecule has 2 N–H and O–H groups in total. The van der Waals surface area contributed by atoms with E-state index >= 15 is 0 Å². The summed E-state index contributed by atoms with van der Waals surface area (Å²) in [4.78, 5) is 0. The zero-order valence-electron chi connectivity index (χ0n) is 30.2. The Labute approximate surface area is 320 Å². The van der Waals surface area contributed by atoms with E-state index in [0.717, 1.165) is 28.7 Å². The summed E-state index contributed by atoms with van der Waals surface area (Å²) in [5, 5.41) is 13.7. The van der Waals surface area contributed by atoms with Crippen molar-refractivity contribution in [2.75, 3.05) is 5.43 Å². The first-order valence-corrected chi connectivity index (χ1v) is 18.9. The highest BCUT2D eigenvalue weighted by atomic mass is 15.4. The quantitative estimate of drug-likeness (QED) is 0.152. The molecule has 1 unspecified atom stereocenters. The second kappa shape index (κ2) is 13.7. The summed E-state index contributed by atoms with van der Waals surface area (Å²) >= 11 is 0. The number of nitrogens with zero attached hydrogens (tertiary/aromatic N) is 2. The first-order valence-electron chi connectivity index (χ1n) is 18.9. The van der Waals surface area contributed by atoms with Gasteiger partial charge in [0.1, 0.15) is 0 Å². The predicted octanol–water partition coefficient (Wildman–Crippen LogP) is 12.8. The lowest BCUT2D eigenvalue weighted by Crippen LogP contribution is -2.08. The normalized spacial score (nSPS) is 14.3. The molecule has 1 atom stereocenters. The fourth-order valence-electron chi connectivity index (χ4n) is 8.24. The Balaban J connectivity index is 0.924. The molecule has 1 aliphatic rings. The average Bonchev–Trinajstić information content (AvgIpc) is 3.76. The zero-order valence-corrected chi connectivity index (χ0v) is 30.2. The molecule has 2 heterocycles. The second-order valence-corrected chi connectivity index (χ2v) is 14.2. The Kier molecular flexibility index (Phi) is 8.07. The van der Waals surface area contributed by atoms with E-state index in [-0.39, 0.29) is 0 Å². The molecule has 0 radical (unpaired) electrons. The van der Waals surface area contributed by atoms with Gasteiger partial charge in [0, 0.05) is 39.4 Å². The van der Waals surface area contributed by atoms with Crippen molar-refractivity contribution in [3.63, 3.8) is 0 Å².